The second-order valence-corrected chi connectivity index (χ2v) is 4.17. The van der Waals surface area contributed by atoms with E-state index in [9.17, 15) is 5.11 Å². The van der Waals surface area contributed by atoms with Gasteiger partial charge in [0, 0.05) is 6.61 Å². The van der Waals surface area contributed by atoms with Gasteiger partial charge in [-0.1, -0.05) is 13.8 Å². The third-order valence-electron chi connectivity index (χ3n) is 2.26. The minimum absolute atomic E-state index is 0.115. The van der Waals surface area contributed by atoms with Crippen LogP contribution in [-0.4, -0.2) is 23.9 Å². The second kappa shape index (κ2) is 4.83. The molecule has 2 unspecified atom stereocenters. The average Bonchev–Trinajstić information content (AvgIpc) is 2.01. The number of hydrogen-bond donors (Lipinski definition) is 1. The van der Waals surface area contributed by atoms with Gasteiger partial charge in [0.05, 0.1) is 12.2 Å². The Hall–Kier alpha value is -0.0800. The van der Waals surface area contributed by atoms with Crippen LogP contribution in [0.1, 0.15) is 39.5 Å². The van der Waals surface area contributed by atoms with E-state index in [4.69, 9.17) is 4.74 Å². The van der Waals surface area contributed by atoms with E-state index in [2.05, 4.69) is 13.8 Å². The van der Waals surface area contributed by atoms with Crippen LogP contribution in [0.4, 0.5) is 0 Å². The molecule has 0 radical (unpaired) electrons. The maximum atomic E-state index is 9.36. The van der Waals surface area contributed by atoms with Gasteiger partial charge in [-0.2, -0.15) is 0 Å². The fourth-order valence-electron chi connectivity index (χ4n) is 1.60. The van der Waals surface area contributed by atoms with Crippen molar-refractivity contribution in [1.82, 2.24) is 0 Å². The zero-order valence-corrected chi connectivity index (χ0v) is 8.12. The molecule has 0 aromatic heterocycles. The number of hydrogen-bond acceptors (Lipinski definition) is 2. The molecule has 0 aromatic carbocycles. The number of ether oxygens (including phenoxy) is 1. The summed E-state index contributed by atoms with van der Waals surface area (Å²) < 4.78 is 5.65. The monoisotopic (exact) mass is 172 g/mol. The van der Waals surface area contributed by atoms with Gasteiger partial charge < -0.3 is 9.84 Å². The minimum atomic E-state index is -0.115. The van der Waals surface area contributed by atoms with Gasteiger partial charge >= 0.3 is 0 Å². The quantitative estimate of drug-likeness (QED) is 0.705. The molecule has 0 heterocycles. The molecule has 0 bridgehead atoms. The van der Waals surface area contributed by atoms with Crippen molar-refractivity contribution in [2.75, 3.05) is 6.61 Å². The van der Waals surface area contributed by atoms with Crippen LogP contribution in [0.15, 0.2) is 0 Å². The molecule has 72 valence electrons. The molecule has 0 saturated heterocycles. The molecule has 0 spiro atoms. The lowest BCUT2D eigenvalue weighted by molar-refractivity contribution is -0.0239. The van der Waals surface area contributed by atoms with Crippen molar-refractivity contribution in [2.45, 2.75) is 51.7 Å². The lowest BCUT2D eigenvalue weighted by Gasteiger charge is -2.26. The summed E-state index contributed by atoms with van der Waals surface area (Å²) in [4.78, 5) is 0. The number of aliphatic hydroxyl groups excluding tert-OH is 1. The standard InChI is InChI=1S/C10H20O2/c1-8(2)7-12-10-5-3-4-9(11)6-10/h8-11H,3-7H2,1-2H3. The molecule has 2 atom stereocenters. The van der Waals surface area contributed by atoms with Crippen molar-refractivity contribution in [2.24, 2.45) is 5.92 Å². The summed E-state index contributed by atoms with van der Waals surface area (Å²) in [6.07, 6.45) is 4.24. The summed E-state index contributed by atoms with van der Waals surface area (Å²) in [6.45, 7) is 5.13. The Balaban J connectivity index is 2.14. The molecule has 2 nitrogen and oxygen atoms in total. The Kier molecular flexibility index (Phi) is 4.02. The molecule has 1 aliphatic rings. The molecule has 1 fully saturated rings. The Morgan fingerprint density at radius 1 is 1.42 bits per heavy atom. The first-order valence-corrected chi connectivity index (χ1v) is 4.98. The van der Waals surface area contributed by atoms with Crippen LogP contribution in [0.3, 0.4) is 0 Å². The van der Waals surface area contributed by atoms with Crippen LogP contribution >= 0.6 is 0 Å². The van der Waals surface area contributed by atoms with Crippen LogP contribution in [0.25, 0.3) is 0 Å². The summed E-state index contributed by atoms with van der Waals surface area (Å²) in [7, 11) is 0. The summed E-state index contributed by atoms with van der Waals surface area (Å²) >= 11 is 0. The molecule has 0 amide bonds. The fraction of sp³-hybridized carbons (Fsp3) is 1.00. The van der Waals surface area contributed by atoms with E-state index in [1.54, 1.807) is 0 Å². The third-order valence-corrected chi connectivity index (χ3v) is 2.26. The van der Waals surface area contributed by atoms with Crippen LogP contribution in [-0.2, 0) is 4.74 Å². The van der Waals surface area contributed by atoms with Crippen molar-refractivity contribution >= 4 is 0 Å². The smallest absolute Gasteiger partial charge is 0.0599 e. The molecule has 0 aliphatic heterocycles. The molecule has 1 saturated carbocycles. The van der Waals surface area contributed by atoms with Crippen molar-refractivity contribution in [1.29, 1.82) is 0 Å². The summed E-state index contributed by atoms with van der Waals surface area (Å²) in [6, 6.07) is 0. The molecule has 1 N–H and O–H groups in total. The SMILES string of the molecule is CC(C)COC1CCCC(O)C1. The van der Waals surface area contributed by atoms with Crippen molar-refractivity contribution in [3.05, 3.63) is 0 Å². The zero-order chi connectivity index (χ0) is 8.97. The van der Waals surface area contributed by atoms with Gasteiger partial charge in [0.1, 0.15) is 0 Å². The van der Waals surface area contributed by atoms with Crippen molar-refractivity contribution < 1.29 is 9.84 Å². The third kappa shape index (κ3) is 3.55. The van der Waals surface area contributed by atoms with Gasteiger partial charge in [-0.25, -0.2) is 0 Å². The maximum Gasteiger partial charge on any atom is 0.0599 e. The van der Waals surface area contributed by atoms with E-state index >= 15 is 0 Å². The highest BCUT2D eigenvalue weighted by atomic mass is 16.5. The predicted octanol–water partition coefficient (Wildman–Crippen LogP) is 1.96. The van der Waals surface area contributed by atoms with E-state index in [0.717, 1.165) is 32.3 Å². The fourth-order valence-corrected chi connectivity index (χ4v) is 1.60. The van der Waals surface area contributed by atoms with E-state index in [1.165, 1.54) is 0 Å². The lowest BCUT2D eigenvalue weighted by atomic mass is 9.95. The summed E-state index contributed by atoms with van der Waals surface area (Å²) in [5.74, 6) is 0.601. The van der Waals surface area contributed by atoms with E-state index in [-0.39, 0.29) is 6.10 Å². The summed E-state index contributed by atoms with van der Waals surface area (Å²) in [5, 5.41) is 9.36. The zero-order valence-electron chi connectivity index (χ0n) is 8.12. The number of aliphatic hydroxyl groups is 1. The first-order valence-electron chi connectivity index (χ1n) is 4.98. The second-order valence-electron chi connectivity index (χ2n) is 4.17. The van der Waals surface area contributed by atoms with Gasteiger partial charge in [-0.3, -0.25) is 0 Å². The van der Waals surface area contributed by atoms with E-state index in [0.29, 0.717) is 12.0 Å². The minimum Gasteiger partial charge on any atom is -0.393 e. The Morgan fingerprint density at radius 3 is 2.75 bits per heavy atom. The highest BCUT2D eigenvalue weighted by Gasteiger charge is 2.20. The summed E-state index contributed by atoms with van der Waals surface area (Å²) in [5.41, 5.74) is 0. The van der Waals surface area contributed by atoms with Crippen LogP contribution < -0.4 is 0 Å². The molecular formula is C10H20O2. The topological polar surface area (TPSA) is 29.5 Å². The number of rotatable bonds is 3. The van der Waals surface area contributed by atoms with Gasteiger partial charge in [0.25, 0.3) is 0 Å². The van der Waals surface area contributed by atoms with Gasteiger partial charge in [-0.15, -0.1) is 0 Å². The molecule has 0 aromatic rings. The lowest BCUT2D eigenvalue weighted by Crippen LogP contribution is -2.27. The first kappa shape index (κ1) is 10.0. The van der Waals surface area contributed by atoms with Crippen molar-refractivity contribution in [3.8, 4) is 0 Å². The van der Waals surface area contributed by atoms with Gasteiger partial charge in [0.2, 0.25) is 0 Å². The van der Waals surface area contributed by atoms with Crippen LogP contribution in [0.5, 0.6) is 0 Å². The largest absolute Gasteiger partial charge is 0.393 e. The molecule has 12 heavy (non-hydrogen) atoms. The average molecular weight is 172 g/mol. The van der Waals surface area contributed by atoms with Crippen molar-refractivity contribution in [3.63, 3.8) is 0 Å². The molecule has 1 aliphatic carbocycles. The highest BCUT2D eigenvalue weighted by molar-refractivity contribution is 4.72. The maximum absolute atomic E-state index is 9.36. The van der Waals surface area contributed by atoms with Gasteiger partial charge in [0.15, 0.2) is 0 Å². The predicted molar refractivity (Wildman–Crippen MR) is 49.1 cm³/mol. The van der Waals surface area contributed by atoms with Gasteiger partial charge in [-0.05, 0) is 31.6 Å². The highest BCUT2D eigenvalue weighted by Crippen LogP contribution is 2.21. The van der Waals surface area contributed by atoms with E-state index < -0.39 is 0 Å². The van der Waals surface area contributed by atoms with Crippen LogP contribution in [0, 0.1) is 5.92 Å². The Bertz CT molecular complexity index is 123. The van der Waals surface area contributed by atoms with Crippen LogP contribution in [0.2, 0.25) is 0 Å². The first-order chi connectivity index (χ1) is 5.68. The normalized spacial score (nSPS) is 31.0. The molecular weight excluding hydrogens is 152 g/mol. The molecule has 1 rings (SSSR count). The molecule has 2 heteroatoms. The Morgan fingerprint density at radius 2 is 2.17 bits per heavy atom. The Labute approximate surface area is 74.9 Å². The van der Waals surface area contributed by atoms with E-state index in [1.807, 2.05) is 0 Å².